The van der Waals surface area contributed by atoms with Crippen molar-refractivity contribution in [3.05, 3.63) is 112 Å². The van der Waals surface area contributed by atoms with Gasteiger partial charge >= 0.3 is 6.18 Å². The van der Waals surface area contributed by atoms with Crippen molar-refractivity contribution in [1.29, 1.82) is 5.26 Å². The predicted molar refractivity (Wildman–Crippen MR) is 159 cm³/mol. The lowest BCUT2D eigenvalue weighted by molar-refractivity contribution is -0.137. The SMILES string of the molecule is C=CCc1cc(/C=N\NC(=O)Cc2csc(Nc3cccc(C(F)(F)F)c3)n2)cc(OC)c1OCc1ccccc1C#N. The zero-order valence-electron chi connectivity index (χ0n) is 22.9. The van der Waals surface area contributed by atoms with Gasteiger partial charge in [0.05, 0.1) is 42.6 Å². The minimum Gasteiger partial charge on any atom is -0.493 e. The number of hydrogen-bond donors (Lipinski definition) is 2. The highest BCUT2D eigenvalue weighted by Crippen LogP contribution is 2.34. The second-order valence-corrected chi connectivity index (χ2v) is 9.94. The number of alkyl halides is 3. The Balaban J connectivity index is 1.38. The van der Waals surface area contributed by atoms with Crippen LogP contribution in [0.25, 0.3) is 0 Å². The summed E-state index contributed by atoms with van der Waals surface area (Å²) >= 11 is 1.16. The molecule has 0 aliphatic rings. The zero-order chi connectivity index (χ0) is 30.8. The number of carbonyl (C=O) groups excluding carboxylic acids is 1. The molecule has 43 heavy (non-hydrogen) atoms. The van der Waals surface area contributed by atoms with E-state index < -0.39 is 17.6 Å². The van der Waals surface area contributed by atoms with Gasteiger partial charge in [0, 0.05) is 22.2 Å². The number of nitrogens with one attached hydrogen (secondary N) is 2. The Bertz CT molecular complexity index is 1680. The number of nitriles is 1. The molecule has 0 aliphatic carbocycles. The summed E-state index contributed by atoms with van der Waals surface area (Å²) in [5, 5.41) is 18.2. The van der Waals surface area contributed by atoms with Crippen LogP contribution in [-0.2, 0) is 30.4 Å². The highest BCUT2D eigenvalue weighted by atomic mass is 32.1. The molecule has 0 radical (unpaired) electrons. The van der Waals surface area contributed by atoms with Crippen LogP contribution in [0.4, 0.5) is 24.0 Å². The van der Waals surface area contributed by atoms with E-state index in [4.69, 9.17) is 9.47 Å². The third-order valence-electron chi connectivity index (χ3n) is 5.99. The van der Waals surface area contributed by atoms with Gasteiger partial charge in [-0.3, -0.25) is 4.79 Å². The molecule has 1 aromatic heterocycles. The maximum absolute atomic E-state index is 13.0. The summed E-state index contributed by atoms with van der Waals surface area (Å²) in [7, 11) is 1.51. The van der Waals surface area contributed by atoms with Crippen molar-refractivity contribution in [3.8, 4) is 17.6 Å². The smallest absolute Gasteiger partial charge is 0.416 e. The van der Waals surface area contributed by atoms with Crippen LogP contribution in [0.15, 0.2) is 83.8 Å². The minimum atomic E-state index is -4.45. The van der Waals surface area contributed by atoms with E-state index in [0.717, 1.165) is 34.6 Å². The van der Waals surface area contributed by atoms with Gasteiger partial charge in [0.2, 0.25) is 5.91 Å². The zero-order valence-corrected chi connectivity index (χ0v) is 23.8. The van der Waals surface area contributed by atoms with E-state index >= 15 is 0 Å². The first-order valence-electron chi connectivity index (χ1n) is 12.8. The first kappa shape index (κ1) is 30.8. The predicted octanol–water partition coefficient (Wildman–Crippen LogP) is 6.79. The topological polar surface area (TPSA) is 109 Å². The number of thiazole rings is 1. The van der Waals surface area contributed by atoms with Gasteiger partial charge < -0.3 is 14.8 Å². The Morgan fingerprint density at radius 3 is 2.72 bits per heavy atom. The lowest BCUT2D eigenvalue weighted by Gasteiger charge is -2.16. The Hall–Kier alpha value is -5.15. The van der Waals surface area contributed by atoms with Crippen LogP contribution < -0.4 is 20.2 Å². The number of carbonyl (C=O) groups is 1. The van der Waals surface area contributed by atoms with Crippen molar-refractivity contribution in [2.75, 3.05) is 12.4 Å². The van der Waals surface area contributed by atoms with Gasteiger partial charge in [0.1, 0.15) is 6.61 Å². The fourth-order valence-electron chi connectivity index (χ4n) is 4.01. The van der Waals surface area contributed by atoms with Gasteiger partial charge in [0.15, 0.2) is 16.6 Å². The number of methoxy groups -OCH3 is 1. The van der Waals surface area contributed by atoms with Crippen LogP contribution in [0, 0.1) is 11.3 Å². The van der Waals surface area contributed by atoms with Crippen molar-refractivity contribution in [2.24, 2.45) is 5.10 Å². The number of aromatic nitrogens is 1. The lowest BCUT2D eigenvalue weighted by Crippen LogP contribution is -2.20. The summed E-state index contributed by atoms with van der Waals surface area (Å²) < 4.78 is 50.5. The van der Waals surface area contributed by atoms with E-state index in [-0.39, 0.29) is 18.7 Å². The van der Waals surface area contributed by atoms with Gasteiger partial charge in [-0.15, -0.1) is 17.9 Å². The summed E-state index contributed by atoms with van der Waals surface area (Å²) in [5.74, 6) is 0.529. The molecule has 0 saturated heterocycles. The van der Waals surface area contributed by atoms with Crippen molar-refractivity contribution in [3.63, 3.8) is 0 Å². The number of hydrazone groups is 1. The molecule has 4 rings (SSSR count). The third-order valence-corrected chi connectivity index (χ3v) is 6.79. The van der Waals surface area contributed by atoms with Crippen LogP contribution in [0.3, 0.4) is 0 Å². The molecule has 0 saturated carbocycles. The molecule has 3 aromatic carbocycles. The van der Waals surface area contributed by atoms with Crippen LogP contribution in [0.5, 0.6) is 11.5 Å². The van der Waals surface area contributed by atoms with E-state index in [1.54, 1.807) is 29.7 Å². The Labute approximate surface area is 250 Å². The average Bonchev–Trinajstić information content (AvgIpc) is 3.42. The van der Waals surface area contributed by atoms with Crippen LogP contribution in [0.2, 0.25) is 0 Å². The summed E-state index contributed by atoms with van der Waals surface area (Å²) in [6, 6.07) is 17.6. The largest absolute Gasteiger partial charge is 0.493 e. The number of ether oxygens (including phenoxy) is 2. The molecule has 8 nitrogen and oxygen atoms in total. The maximum Gasteiger partial charge on any atom is 0.416 e. The van der Waals surface area contributed by atoms with Gasteiger partial charge in [-0.2, -0.15) is 23.5 Å². The number of amides is 1. The van der Waals surface area contributed by atoms with Crippen LogP contribution in [-0.4, -0.2) is 24.2 Å². The molecular formula is C31H26F3N5O3S. The summed E-state index contributed by atoms with van der Waals surface area (Å²) in [6.45, 7) is 3.98. The normalized spacial score (nSPS) is 11.1. The summed E-state index contributed by atoms with van der Waals surface area (Å²) in [6.07, 6.45) is -0.884. The quantitative estimate of drug-likeness (QED) is 0.105. The Morgan fingerprint density at radius 2 is 1.98 bits per heavy atom. The highest BCUT2D eigenvalue weighted by Gasteiger charge is 2.30. The molecule has 0 unspecified atom stereocenters. The molecule has 4 aromatic rings. The van der Waals surface area contributed by atoms with Crippen molar-refractivity contribution >= 4 is 34.3 Å². The van der Waals surface area contributed by atoms with E-state index in [0.29, 0.717) is 39.9 Å². The van der Waals surface area contributed by atoms with Crippen molar-refractivity contribution in [2.45, 2.75) is 25.6 Å². The van der Waals surface area contributed by atoms with Gasteiger partial charge in [-0.25, -0.2) is 10.4 Å². The Morgan fingerprint density at radius 1 is 1.16 bits per heavy atom. The third kappa shape index (κ3) is 8.43. The lowest BCUT2D eigenvalue weighted by atomic mass is 10.1. The van der Waals surface area contributed by atoms with E-state index in [2.05, 4.69) is 33.5 Å². The number of rotatable bonds is 12. The minimum absolute atomic E-state index is 0.0832. The number of hydrogen-bond acceptors (Lipinski definition) is 8. The Kier molecular flexibility index (Phi) is 10.1. The number of nitrogens with zero attached hydrogens (tertiary/aromatic N) is 3. The second kappa shape index (κ2) is 14.2. The molecule has 0 aliphatic heterocycles. The van der Waals surface area contributed by atoms with Crippen LogP contribution >= 0.6 is 11.3 Å². The van der Waals surface area contributed by atoms with Gasteiger partial charge in [0.25, 0.3) is 0 Å². The van der Waals surface area contributed by atoms with E-state index in [1.165, 1.54) is 25.5 Å². The molecule has 0 bridgehead atoms. The summed E-state index contributed by atoms with van der Waals surface area (Å²) in [5.41, 5.74) is 5.02. The molecule has 0 spiro atoms. The fourth-order valence-corrected chi connectivity index (χ4v) is 4.74. The van der Waals surface area contributed by atoms with Crippen LogP contribution in [0.1, 0.15) is 33.5 Å². The maximum atomic E-state index is 13.0. The highest BCUT2D eigenvalue weighted by molar-refractivity contribution is 7.13. The number of anilines is 2. The van der Waals surface area contributed by atoms with Gasteiger partial charge in [-0.05, 0) is 48.4 Å². The van der Waals surface area contributed by atoms with Gasteiger partial charge in [-0.1, -0.05) is 30.3 Å². The monoisotopic (exact) mass is 605 g/mol. The standard InChI is InChI=1S/C31H26F3N5O3S/c1-3-7-21-12-20(13-27(41-2)29(21)42-18-23-9-5-4-8-22(23)16-35)17-36-39-28(40)15-26-19-43-30(38-26)37-25-11-6-10-24(14-25)31(32,33)34/h3-6,8-14,17,19H,1,7,15,18H2,2H3,(H,37,38)(H,39,40)/b36-17-. The fraction of sp³-hybridized carbons (Fsp3) is 0.161. The first-order valence-corrected chi connectivity index (χ1v) is 13.7. The number of halogens is 3. The second-order valence-electron chi connectivity index (χ2n) is 9.08. The average molecular weight is 606 g/mol. The first-order chi connectivity index (χ1) is 20.7. The summed E-state index contributed by atoms with van der Waals surface area (Å²) in [4.78, 5) is 16.7. The molecule has 0 atom stereocenters. The number of benzene rings is 3. The molecule has 2 N–H and O–H groups in total. The number of allylic oxidation sites excluding steroid dienone is 1. The van der Waals surface area contributed by atoms with Crippen molar-refractivity contribution in [1.82, 2.24) is 10.4 Å². The molecule has 1 heterocycles. The van der Waals surface area contributed by atoms with E-state index in [9.17, 15) is 23.2 Å². The molecule has 0 fully saturated rings. The molecule has 220 valence electrons. The van der Waals surface area contributed by atoms with E-state index in [1.807, 2.05) is 18.2 Å². The molecule has 12 heteroatoms. The van der Waals surface area contributed by atoms with Crippen molar-refractivity contribution < 1.29 is 27.4 Å². The molecule has 1 amide bonds. The molecular weight excluding hydrogens is 579 g/mol.